The molecule has 1 unspecified atom stereocenters. The summed E-state index contributed by atoms with van der Waals surface area (Å²) < 4.78 is 0. The van der Waals surface area contributed by atoms with Crippen LogP contribution in [0.2, 0.25) is 0 Å². The Kier molecular flexibility index (Phi) is 4.95. The largest absolute Gasteiger partial charge is 0.385 e. The summed E-state index contributed by atoms with van der Waals surface area (Å²) in [5.74, 6) is 0.514. The standard InChI is InChI=1S/C9H16O/c1-4-5-9(10)7-6-8(2)3/h4-10H,1-3H3. The lowest BCUT2D eigenvalue weighted by Gasteiger charge is -1.97. The van der Waals surface area contributed by atoms with E-state index in [4.69, 9.17) is 5.11 Å². The van der Waals surface area contributed by atoms with Gasteiger partial charge in [-0.1, -0.05) is 38.2 Å². The third-order valence-corrected chi connectivity index (χ3v) is 1.08. The van der Waals surface area contributed by atoms with Crippen molar-refractivity contribution in [3.63, 3.8) is 0 Å². The zero-order valence-electron chi connectivity index (χ0n) is 6.91. The normalized spacial score (nSPS) is 15.7. The summed E-state index contributed by atoms with van der Waals surface area (Å²) in [6.07, 6.45) is 6.97. The highest BCUT2D eigenvalue weighted by atomic mass is 16.3. The smallest absolute Gasteiger partial charge is 0.0902 e. The molecule has 0 radical (unpaired) electrons. The first-order valence-corrected chi connectivity index (χ1v) is 3.66. The van der Waals surface area contributed by atoms with Gasteiger partial charge in [-0.3, -0.25) is 0 Å². The maximum Gasteiger partial charge on any atom is 0.0902 e. The molecule has 58 valence electrons. The van der Waals surface area contributed by atoms with Gasteiger partial charge in [0.25, 0.3) is 0 Å². The third kappa shape index (κ3) is 5.57. The maximum atomic E-state index is 9.12. The molecular weight excluding hydrogens is 124 g/mol. The van der Waals surface area contributed by atoms with E-state index in [0.717, 1.165) is 0 Å². The minimum absolute atomic E-state index is 0.410. The second-order valence-electron chi connectivity index (χ2n) is 2.65. The lowest BCUT2D eigenvalue weighted by Crippen LogP contribution is -1.96. The van der Waals surface area contributed by atoms with Crippen molar-refractivity contribution in [2.45, 2.75) is 26.9 Å². The van der Waals surface area contributed by atoms with E-state index >= 15 is 0 Å². The van der Waals surface area contributed by atoms with Crippen LogP contribution in [0.5, 0.6) is 0 Å². The predicted octanol–water partition coefficient (Wildman–Crippen LogP) is 2.14. The summed E-state index contributed by atoms with van der Waals surface area (Å²) in [6, 6.07) is 0. The van der Waals surface area contributed by atoms with Gasteiger partial charge in [0.2, 0.25) is 0 Å². The second kappa shape index (κ2) is 5.24. The van der Waals surface area contributed by atoms with Gasteiger partial charge in [-0.2, -0.15) is 0 Å². The number of hydrogen-bond donors (Lipinski definition) is 1. The summed E-state index contributed by atoms with van der Waals surface area (Å²) in [5, 5.41) is 9.12. The molecule has 0 aliphatic heterocycles. The van der Waals surface area contributed by atoms with Crippen molar-refractivity contribution >= 4 is 0 Å². The summed E-state index contributed by atoms with van der Waals surface area (Å²) in [4.78, 5) is 0. The average molecular weight is 140 g/mol. The van der Waals surface area contributed by atoms with E-state index in [1.807, 2.05) is 19.1 Å². The number of rotatable bonds is 3. The Bertz CT molecular complexity index is 123. The van der Waals surface area contributed by atoms with Crippen molar-refractivity contribution in [2.75, 3.05) is 0 Å². The Morgan fingerprint density at radius 1 is 1.10 bits per heavy atom. The van der Waals surface area contributed by atoms with Crippen molar-refractivity contribution in [1.82, 2.24) is 0 Å². The summed E-state index contributed by atoms with van der Waals surface area (Å²) >= 11 is 0. The van der Waals surface area contributed by atoms with Gasteiger partial charge in [0.15, 0.2) is 0 Å². The van der Waals surface area contributed by atoms with E-state index in [1.54, 1.807) is 12.2 Å². The molecule has 10 heavy (non-hydrogen) atoms. The van der Waals surface area contributed by atoms with Gasteiger partial charge in [-0.15, -0.1) is 0 Å². The van der Waals surface area contributed by atoms with Crippen LogP contribution in [-0.2, 0) is 0 Å². The molecule has 1 nitrogen and oxygen atoms in total. The van der Waals surface area contributed by atoms with Crippen molar-refractivity contribution in [3.8, 4) is 0 Å². The van der Waals surface area contributed by atoms with Crippen LogP contribution in [0.4, 0.5) is 0 Å². The lowest BCUT2D eigenvalue weighted by atomic mass is 10.2. The molecular formula is C9H16O. The van der Waals surface area contributed by atoms with E-state index in [-0.39, 0.29) is 0 Å². The molecule has 0 heterocycles. The molecule has 1 heteroatoms. The Hall–Kier alpha value is -0.560. The van der Waals surface area contributed by atoms with Crippen LogP contribution in [0.3, 0.4) is 0 Å². The van der Waals surface area contributed by atoms with Gasteiger partial charge < -0.3 is 5.11 Å². The van der Waals surface area contributed by atoms with E-state index in [2.05, 4.69) is 13.8 Å². The highest BCUT2D eigenvalue weighted by molar-refractivity contribution is 5.01. The molecule has 1 N–H and O–H groups in total. The number of aliphatic hydroxyl groups excluding tert-OH is 1. The van der Waals surface area contributed by atoms with Gasteiger partial charge in [-0.05, 0) is 12.8 Å². The van der Waals surface area contributed by atoms with Crippen molar-refractivity contribution in [1.29, 1.82) is 0 Å². The molecule has 0 bridgehead atoms. The minimum atomic E-state index is -0.410. The zero-order valence-corrected chi connectivity index (χ0v) is 6.91. The molecule has 0 aromatic heterocycles. The summed E-state index contributed by atoms with van der Waals surface area (Å²) in [5.41, 5.74) is 0. The molecule has 0 aliphatic rings. The molecule has 0 rings (SSSR count). The Morgan fingerprint density at radius 2 is 1.70 bits per heavy atom. The van der Waals surface area contributed by atoms with Crippen molar-refractivity contribution in [2.24, 2.45) is 5.92 Å². The van der Waals surface area contributed by atoms with E-state index in [9.17, 15) is 0 Å². The van der Waals surface area contributed by atoms with Crippen LogP contribution < -0.4 is 0 Å². The van der Waals surface area contributed by atoms with E-state index in [0.29, 0.717) is 5.92 Å². The fraction of sp³-hybridized carbons (Fsp3) is 0.556. The molecule has 0 aromatic rings. The molecule has 0 saturated heterocycles. The maximum absolute atomic E-state index is 9.12. The first-order valence-electron chi connectivity index (χ1n) is 3.66. The van der Waals surface area contributed by atoms with Crippen LogP contribution in [0.15, 0.2) is 24.3 Å². The first-order chi connectivity index (χ1) is 4.66. The van der Waals surface area contributed by atoms with Gasteiger partial charge in [0, 0.05) is 0 Å². The quantitative estimate of drug-likeness (QED) is 0.595. The number of allylic oxidation sites excluding steroid dienone is 2. The highest BCUT2D eigenvalue weighted by Crippen LogP contribution is 1.96. The van der Waals surface area contributed by atoms with E-state index < -0.39 is 6.10 Å². The van der Waals surface area contributed by atoms with Crippen LogP contribution in [0, 0.1) is 5.92 Å². The molecule has 0 spiro atoms. The van der Waals surface area contributed by atoms with Gasteiger partial charge >= 0.3 is 0 Å². The number of aliphatic hydroxyl groups is 1. The molecule has 0 fully saturated rings. The van der Waals surface area contributed by atoms with Crippen LogP contribution >= 0.6 is 0 Å². The molecule has 0 aromatic carbocycles. The third-order valence-electron chi connectivity index (χ3n) is 1.08. The monoisotopic (exact) mass is 140 g/mol. The highest BCUT2D eigenvalue weighted by Gasteiger charge is 1.89. The number of hydrogen-bond acceptors (Lipinski definition) is 1. The van der Waals surface area contributed by atoms with Gasteiger partial charge in [-0.25, -0.2) is 0 Å². The van der Waals surface area contributed by atoms with Gasteiger partial charge in [0.1, 0.15) is 0 Å². The molecule has 0 saturated carbocycles. The zero-order chi connectivity index (χ0) is 7.98. The molecule has 0 amide bonds. The van der Waals surface area contributed by atoms with Crippen LogP contribution in [-0.4, -0.2) is 11.2 Å². The fourth-order valence-electron chi connectivity index (χ4n) is 0.597. The summed E-state index contributed by atoms with van der Waals surface area (Å²) in [6.45, 7) is 6.06. The Morgan fingerprint density at radius 3 is 2.10 bits per heavy atom. The van der Waals surface area contributed by atoms with Crippen LogP contribution in [0.25, 0.3) is 0 Å². The van der Waals surface area contributed by atoms with Gasteiger partial charge in [0.05, 0.1) is 6.10 Å². The predicted molar refractivity (Wildman–Crippen MR) is 44.8 cm³/mol. The SMILES string of the molecule is CC=CC(O)C=CC(C)C. The average Bonchev–Trinajstić information content (AvgIpc) is 1.85. The second-order valence-corrected chi connectivity index (χ2v) is 2.65. The first kappa shape index (κ1) is 9.44. The minimum Gasteiger partial charge on any atom is -0.385 e. The Balaban J connectivity index is 3.66. The molecule has 0 aliphatic carbocycles. The van der Waals surface area contributed by atoms with Crippen LogP contribution in [0.1, 0.15) is 20.8 Å². The topological polar surface area (TPSA) is 20.2 Å². The van der Waals surface area contributed by atoms with Crippen molar-refractivity contribution in [3.05, 3.63) is 24.3 Å². The lowest BCUT2D eigenvalue weighted by molar-refractivity contribution is 0.270. The summed E-state index contributed by atoms with van der Waals surface area (Å²) in [7, 11) is 0. The molecule has 1 atom stereocenters. The van der Waals surface area contributed by atoms with E-state index in [1.165, 1.54) is 0 Å². The fourth-order valence-corrected chi connectivity index (χ4v) is 0.597. The van der Waals surface area contributed by atoms with Crippen molar-refractivity contribution < 1.29 is 5.11 Å². The Labute approximate surface area is 63.1 Å².